The van der Waals surface area contributed by atoms with Crippen molar-refractivity contribution in [2.24, 2.45) is 0 Å². The molecule has 0 saturated carbocycles. The van der Waals surface area contributed by atoms with E-state index in [1.54, 1.807) is 18.2 Å². The van der Waals surface area contributed by atoms with Gasteiger partial charge in [0.1, 0.15) is 0 Å². The third kappa shape index (κ3) is 3.63. The third-order valence-corrected chi connectivity index (χ3v) is 3.00. The van der Waals surface area contributed by atoms with Gasteiger partial charge in [-0.3, -0.25) is 10.1 Å². The average Bonchev–Trinajstić information content (AvgIpc) is 2.21. The van der Waals surface area contributed by atoms with Gasteiger partial charge in [-0.25, -0.2) is 0 Å². The Labute approximate surface area is 103 Å². The summed E-state index contributed by atoms with van der Waals surface area (Å²) in [7, 11) is 0. The highest BCUT2D eigenvalue weighted by atomic mass is 35.5. The second kappa shape index (κ2) is 6.03. The number of nitro groups is 1. The summed E-state index contributed by atoms with van der Waals surface area (Å²) < 4.78 is 0. The Morgan fingerprint density at radius 1 is 1.38 bits per heavy atom. The smallest absolute Gasteiger partial charge is 0.210 e. The largest absolute Gasteiger partial charge is 0.396 e. The van der Waals surface area contributed by atoms with Crippen LogP contribution in [-0.4, -0.2) is 23.2 Å². The highest BCUT2D eigenvalue weighted by Gasteiger charge is 2.18. The van der Waals surface area contributed by atoms with Crippen LogP contribution in [0.15, 0.2) is 18.2 Å². The normalized spacial score (nSPS) is 12.4. The van der Waals surface area contributed by atoms with Crippen molar-refractivity contribution < 1.29 is 10.0 Å². The van der Waals surface area contributed by atoms with Gasteiger partial charge in [0.15, 0.2) is 0 Å². The summed E-state index contributed by atoms with van der Waals surface area (Å²) >= 11 is 11.6. The van der Waals surface area contributed by atoms with Crippen molar-refractivity contribution in [1.82, 2.24) is 0 Å². The van der Waals surface area contributed by atoms with Crippen molar-refractivity contribution >= 4 is 23.2 Å². The summed E-state index contributed by atoms with van der Waals surface area (Å²) in [6.45, 7) is -0.322. The maximum absolute atomic E-state index is 10.5. The molecule has 0 fully saturated rings. The zero-order chi connectivity index (χ0) is 12.1. The molecule has 1 aromatic carbocycles. The van der Waals surface area contributed by atoms with E-state index in [1.165, 1.54) is 0 Å². The van der Waals surface area contributed by atoms with Crippen molar-refractivity contribution in [3.05, 3.63) is 43.9 Å². The SMILES string of the molecule is O=[N+]([O-])C[C@@H](CCO)c1ccc(Cl)c(Cl)c1. The number of aliphatic hydroxyl groups excluding tert-OH is 1. The Balaban J connectivity index is 2.91. The van der Waals surface area contributed by atoms with Crippen LogP contribution < -0.4 is 0 Å². The molecule has 0 bridgehead atoms. The van der Waals surface area contributed by atoms with E-state index in [1.807, 2.05) is 0 Å². The van der Waals surface area contributed by atoms with Crippen molar-refractivity contribution in [1.29, 1.82) is 0 Å². The maximum Gasteiger partial charge on any atom is 0.210 e. The van der Waals surface area contributed by atoms with Gasteiger partial charge in [0, 0.05) is 11.5 Å². The third-order valence-electron chi connectivity index (χ3n) is 2.26. The van der Waals surface area contributed by atoms with E-state index < -0.39 is 4.92 Å². The van der Waals surface area contributed by atoms with Crippen LogP contribution in [-0.2, 0) is 0 Å². The number of nitrogens with zero attached hydrogens (tertiary/aromatic N) is 1. The van der Waals surface area contributed by atoms with E-state index in [4.69, 9.17) is 28.3 Å². The Kier molecular flexibility index (Phi) is 4.99. The number of rotatable bonds is 5. The van der Waals surface area contributed by atoms with Crippen LogP contribution in [0.4, 0.5) is 0 Å². The topological polar surface area (TPSA) is 63.4 Å². The van der Waals surface area contributed by atoms with Gasteiger partial charge in [-0.2, -0.15) is 0 Å². The molecule has 4 nitrogen and oxygen atoms in total. The van der Waals surface area contributed by atoms with Crippen LogP contribution >= 0.6 is 23.2 Å². The molecule has 0 aliphatic heterocycles. The molecule has 0 aliphatic rings. The standard InChI is InChI=1S/C10H11Cl2NO3/c11-9-2-1-7(5-10(9)12)8(3-4-14)6-13(15)16/h1-2,5,8,14H,3-4,6H2/t8-/m1/s1. The number of hydrogen-bond acceptors (Lipinski definition) is 3. The van der Waals surface area contributed by atoms with E-state index >= 15 is 0 Å². The van der Waals surface area contributed by atoms with Crippen LogP contribution in [0.5, 0.6) is 0 Å². The van der Waals surface area contributed by atoms with Gasteiger partial charge >= 0.3 is 0 Å². The summed E-state index contributed by atoms with van der Waals surface area (Å²) in [6, 6.07) is 4.90. The highest BCUT2D eigenvalue weighted by molar-refractivity contribution is 6.42. The Morgan fingerprint density at radius 3 is 2.56 bits per heavy atom. The van der Waals surface area contributed by atoms with Gasteiger partial charge in [0.05, 0.1) is 16.0 Å². The predicted molar refractivity (Wildman–Crippen MR) is 62.8 cm³/mol. The summed E-state index contributed by atoms with van der Waals surface area (Å²) in [5, 5.41) is 20.1. The molecule has 0 amide bonds. The average molecular weight is 264 g/mol. The molecule has 0 aliphatic carbocycles. The summed E-state index contributed by atoms with van der Waals surface area (Å²) in [5.41, 5.74) is 0.722. The molecule has 1 N–H and O–H groups in total. The minimum Gasteiger partial charge on any atom is -0.396 e. The lowest BCUT2D eigenvalue weighted by molar-refractivity contribution is -0.483. The monoisotopic (exact) mass is 263 g/mol. The molecule has 0 unspecified atom stereocenters. The molecule has 0 saturated heterocycles. The Bertz CT molecular complexity index is 384. The predicted octanol–water partition coefficient (Wildman–Crippen LogP) is 2.74. The van der Waals surface area contributed by atoms with Crippen LogP contribution in [0.3, 0.4) is 0 Å². The molecule has 0 radical (unpaired) electrons. The second-order valence-electron chi connectivity index (χ2n) is 3.40. The van der Waals surface area contributed by atoms with Gasteiger partial charge in [-0.1, -0.05) is 29.3 Å². The lowest BCUT2D eigenvalue weighted by Crippen LogP contribution is -2.14. The quantitative estimate of drug-likeness (QED) is 0.657. The number of benzene rings is 1. The first-order valence-corrected chi connectivity index (χ1v) is 5.47. The zero-order valence-corrected chi connectivity index (χ0v) is 9.91. The highest BCUT2D eigenvalue weighted by Crippen LogP contribution is 2.28. The number of aliphatic hydroxyl groups is 1. The van der Waals surface area contributed by atoms with Gasteiger partial charge in [-0.05, 0) is 24.1 Å². The van der Waals surface area contributed by atoms with Crippen molar-refractivity contribution in [2.45, 2.75) is 12.3 Å². The molecule has 0 aromatic heterocycles. The van der Waals surface area contributed by atoms with Crippen LogP contribution in [0.1, 0.15) is 17.9 Å². The summed E-state index contributed by atoms with van der Waals surface area (Å²) in [5.74, 6) is -0.338. The van der Waals surface area contributed by atoms with Crippen molar-refractivity contribution in [3.8, 4) is 0 Å². The Morgan fingerprint density at radius 2 is 2.06 bits per heavy atom. The fourth-order valence-corrected chi connectivity index (χ4v) is 1.77. The fraction of sp³-hybridized carbons (Fsp3) is 0.400. The van der Waals surface area contributed by atoms with Crippen LogP contribution in [0.25, 0.3) is 0 Å². The summed E-state index contributed by atoms with van der Waals surface area (Å²) in [4.78, 5) is 10.1. The van der Waals surface area contributed by atoms with Gasteiger partial charge in [-0.15, -0.1) is 0 Å². The van der Waals surface area contributed by atoms with Crippen molar-refractivity contribution in [2.75, 3.05) is 13.2 Å². The summed E-state index contributed by atoms with van der Waals surface area (Å²) in [6.07, 6.45) is 0.332. The lowest BCUT2D eigenvalue weighted by atomic mass is 9.96. The Hall–Kier alpha value is -0.840. The van der Waals surface area contributed by atoms with E-state index in [9.17, 15) is 10.1 Å². The molecule has 16 heavy (non-hydrogen) atoms. The zero-order valence-electron chi connectivity index (χ0n) is 8.40. The molecule has 6 heteroatoms. The molecular weight excluding hydrogens is 253 g/mol. The van der Waals surface area contributed by atoms with E-state index in [0.717, 1.165) is 5.56 Å². The molecule has 1 atom stereocenters. The first-order chi connectivity index (χ1) is 7.54. The van der Waals surface area contributed by atoms with E-state index in [-0.39, 0.29) is 19.1 Å². The molecule has 1 rings (SSSR count). The second-order valence-corrected chi connectivity index (χ2v) is 4.21. The lowest BCUT2D eigenvalue weighted by Gasteiger charge is -2.12. The van der Waals surface area contributed by atoms with Gasteiger partial charge in [0.2, 0.25) is 6.54 Å². The molecule has 1 aromatic rings. The molecule has 0 heterocycles. The van der Waals surface area contributed by atoms with E-state index in [2.05, 4.69) is 0 Å². The van der Waals surface area contributed by atoms with Gasteiger partial charge < -0.3 is 5.11 Å². The molecule has 0 spiro atoms. The molecular formula is C10H11Cl2NO3. The first-order valence-electron chi connectivity index (χ1n) is 4.72. The van der Waals surface area contributed by atoms with Gasteiger partial charge in [0.25, 0.3) is 0 Å². The minimum absolute atomic E-state index is 0.0985. The van der Waals surface area contributed by atoms with Crippen LogP contribution in [0.2, 0.25) is 10.0 Å². The number of hydrogen-bond donors (Lipinski definition) is 1. The van der Waals surface area contributed by atoms with Crippen molar-refractivity contribution in [3.63, 3.8) is 0 Å². The van der Waals surface area contributed by atoms with Crippen LogP contribution in [0, 0.1) is 10.1 Å². The van der Waals surface area contributed by atoms with E-state index in [0.29, 0.717) is 16.5 Å². The maximum atomic E-state index is 10.5. The minimum atomic E-state index is -0.400. The molecule has 88 valence electrons. The first kappa shape index (κ1) is 13.2. The fourth-order valence-electron chi connectivity index (χ4n) is 1.47. The number of halogens is 2.